The minimum atomic E-state index is 0.532. The summed E-state index contributed by atoms with van der Waals surface area (Å²) in [6, 6.07) is 33.6. The molecule has 0 aliphatic heterocycles. The molecule has 2 heterocycles. The molecule has 2 aromatic heterocycles. The van der Waals surface area contributed by atoms with E-state index in [1.807, 2.05) is 30.3 Å². The van der Waals surface area contributed by atoms with E-state index in [0.717, 1.165) is 43.4 Å². The highest BCUT2D eigenvalue weighted by atomic mass is 79.9. The molecule has 6 rings (SSSR count). The summed E-state index contributed by atoms with van der Waals surface area (Å²) in [6.45, 7) is 0.532. The van der Waals surface area contributed by atoms with Gasteiger partial charge in [0.1, 0.15) is 12.4 Å². The highest BCUT2D eigenvalue weighted by Crippen LogP contribution is 2.32. The van der Waals surface area contributed by atoms with E-state index in [-0.39, 0.29) is 0 Å². The number of nitrogens with zero attached hydrogens (tertiary/aromatic N) is 1. The Balaban J connectivity index is 1.35. The Morgan fingerprint density at radius 3 is 2.49 bits per heavy atom. The number of hydrogen-bond acceptors (Lipinski definition) is 1. The molecule has 0 saturated heterocycles. The van der Waals surface area contributed by atoms with Gasteiger partial charge in [-0.3, -0.25) is 0 Å². The Kier molecular flexibility index (Phi) is 5.96. The molecule has 6 aromatic rings. The average Bonchev–Trinajstić information content (AvgIpc) is 3.46. The van der Waals surface area contributed by atoms with Crippen LogP contribution >= 0.6 is 31.9 Å². The van der Waals surface area contributed by atoms with Crippen LogP contribution in [0.3, 0.4) is 0 Å². The van der Waals surface area contributed by atoms with Crippen LogP contribution in [0.5, 0.6) is 5.75 Å². The zero-order valence-corrected chi connectivity index (χ0v) is 22.0. The molecule has 0 unspecified atom stereocenters. The number of aromatic nitrogens is 2. The van der Waals surface area contributed by atoms with Crippen molar-refractivity contribution < 1.29 is 4.74 Å². The highest BCUT2D eigenvalue weighted by molar-refractivity contribution is 9.10. The molecule has 35 heavy (non-hydrogen) atoms. The summed E-state index contributed by atoms with van der Waals surface area (Å²) in [5.41, 5.74) is 6.89. The number of ether oxygens (including phenoxy) is 1. The number of fused-ring (bicyclic) bond motifs is 2. The van der Waals surface area contributed by atoms with Gasteiger partial charge < -0.3 is 14.3 Å². The molecule has 3 nitrogen and oxygen atoms in total. The predicted octanol–water partition coefficient (Wildman–Crippen LogP) is 8.81. The molecule has 0 aliphatic carbocycles. The van der Waals surface area contributed by atoms with Crippen LogP contribution in [0.1, 0.15) is 16.8 Å². The van der Waals surface area contributed by atoms with Crippen LogP contribution in [-0.4, -0.2) is 9.55 Å². The van der Waals surface area contributed by atoms with E-state index in [1.165, 1.54) is 22.0 Å². The number of aromatic amines is 1. The quantitative estimate of drug-likeness (QED) is 0.208. The lowest BCUT2D eigenvalue weighted by atomic mass is 10.1. The molecule has 0 spiro atoms. The zero-order valence-electron chi connectivity index (χ0n) is 18.8. The summed E-state index contributed by atoms with van der Waals surface area (Å²) >= 11 is 7.37. The lowest BCUT2D eigenvalue weighted by molar-refractivity contribution is 0.305. The van der Waals surface area contributed by atoms with Gasteiger partial charge in [0.2, 0.25) is 0 Å². The summed E-state index contributed by atoms with van der Waals surface area (Å²) in [6.07, 6.45) is 2.92. The molecule has 4 aromatic carbocycles. The maximum Gasteiger partial charge on any atom is 0.143 e. The van der Waals surface area contributed by atoms with Crippen molar-refractivity contribution in [1.82, 2.24) is 9.55 Å². The molecule has 0 saturated carbocycles. The second-order valence-electron chi connectivity index (χ2n) is 8.63. The first-order valence-electron chi connectivity index (χ1n) is 11.5. The van der Waals surface area contributed by atoms with E-state index in [4.69, 9.17) is 4.74 Å². The Morgan fingerprint density at radius 2 is 1.60 bits per heavy atom. The fraction of sp³-hybridized carbons (Fsp3) is 0.0667. The van der Waals surface area contributed by atoms with Crippen molar-refractivity contribution in [2.45, 2.75) is 13.0 Å². The predicted molar refractivity (Wildman–Crippen MR) is 151 cm³/mol. The number of halogens is 2. The minimum Gasteiger partial charge on any atom is -0.487 e. The van der Waals surface area contributed by atoms with Crippen molar-refractivity contribution in [1.29, 1.82) is 0 Å². The molecular weight excluding hydrogens is 564 g/mol. The first-order valence-corrected chi connectivity index (χ1v) is 13.1. The molecule has 0 bridgehead atoms. The average molecular weight is 586 g/mol. The van der Waals surface area contributed by atoms with Crippen molar-refractivity contribution in [3.05, 3.63) is 129 Å². The van der Waals surface area contributed by atoms with Crippen LogP contribution in [-0.2, 0) is 13.0 Å². The second kappa shape index (κ2) is 9.40. The second-order valence-corrected chi connectivity index (χ2v) is 10.4. The Labute approximate surface area is 220 Å². The molecule has 5 heteroatoms. The van der Waals surface area contributed by atoms with Gasteiger partial charge >= 0.3 is 0 Å². The van der Waals surface area contributed by atoms with Crippen LogP contribution in [0.2, 0.25) is 0 Å². The number of hydrogen-bond donors (Lipinski definition) is 1. The third-order valence-corrected chi connectivity index (χ3v) is 7.47. The van der Waals surface area contributed by atoms with Gasteiger partial charge in [0.25, 0.3) is 0 Å². The van der Waals surface area contributed by atoms with Gasteiger partial charge in [0.15, 0.2) is 0 Å². The monoisotopic (exact) mass is 584 g/mol. The first kappa shape index (κ1) is 22.2. The zero-order chi connectivity index (χ0) is 23.8. The van der Waals surface area contributed by atoms with Crippen LogP contribution in [0, 0.1) is 0 Å². The lowest BCUT2D eigenvalue weighted by Gasteiger charge is -2.14. The number of para-hydroxylation sites is 2. The van der Waals surface area contributed by atoms with Gasteiger partial charge in [-0.15, -0.1) is 0 Å². The van der Waals surface area contributed by atoms with Crippen molar-refractivity contribution in [3.8, 4) is 11.4 Å². The summed E-state index contributed by atoms with van der Waals surface area (Å²) in [5.74, 6) is 0.861. The highest BCUT2D eigenvalue weighted by Gasteiger charge is 2.13. The van der Waals surface area contributed by atoms with Crippen molar-refractivity contribution in [3.63, 3.8) is 0 Å². The normalized spacial score (nSPS) is 11.4. The summed E-state index contributed by atoms with van der Waals surface area (Å²) in [4.78, 5) is 3.56. The van der Waals surface area contributed by atoms with Gasteiger partial charge in [-0.25, -0.2) is 0 Å². The van der Waals surface area contributed by atoms with Gasteiger partial charge in [-0.05, 0) is 65.7 Å². The van der Waals surface area contributed by atoms with Crippen LogP contribution in [0.15, 0.2) is 112 Å². The largest absolute Gasteiger partial charge is 0.487 e. The Morgan fingerprint density at radius 1 is 0.771 bits per heavy atom. The number of rotatable bonds is 6. The molecular formula is C30H22Br2N2O. The summed E-state index contributed by atoms with van der Waals surface area (Å²) < 4.78 is 10.7. The molecule has 0 radical (unpaired) electrons. The van der Waals surface area contributed by atoms with Crippen LogP contribution < -0.4 is 4.74 Å². The minimum absolute atomic E-state index is 0.532. The number of benzene rings is 4. The van der Waals surface area contributed by atoms with Gasteiger partial charge in [0.05, 0.1) is 11.2 Å². The van der Waals surface area contributed by atoms with Crippen molar-refractivity contribution in [2.75, 3.05) is 0 Å². The lowest BCUT2D eigenvalue weighted by Crippen LogP contribution is -2.01. The fourth-order valence-corrected chi connectivity index (χ4v) is 5.40. The summed E-state index contributed by atoms with van der Waals surface area (Å²) in [5, 5.41) is 2.39. The molecule has 0 amide bonds. The van der Waals surface area contributed by atoms with Crippen molar-refractivity contribution >= 4 is 53.7 Å². The summed E-state index contributed by atoms with van der Waals surface area (Å²) in [7, 11) is 0. The number of H-pyrrole nitrogens is 1. The smallest absolute Gasteiger partial charge is 0.143 e. The van der Waals surface area contributed by atoms with Gasteiger partial charge in [-0.1, -0.05) is 74.3 Å². The van der Waals surface area contributed by atoms with E-state index < -0.39 is 0 Å². The van der Waals surface area contributed by atoms with E-state index in [9.17, 15) is 0 Å². The first-order chi connectivity index (χ1) is 17.1. The number of nitrogens with one attached hydrogen (secondary N) is 1. The van der Waals surface area contributed by atoms with Gasteiger partial charge in [0, 0.05) is 43.5 Å². The fourth-order valence-electron chi connectivity index (χ4n) is 4.52. The van der Waals surface area contributed by atoms with Crippen LogP contribution in [0.25, 0.3) is 27.5 Å². The van der Waals surface area contributed by atoms with Crippen molar-refractivity contribution in [2.24, 2.45) is 0 Å². The molecule has 0 fully saturated rings. The molecule has 0 aliphatic rings. The third kappa shape index (κ3) is 4.54. The maximum absolute atomic E-state index is 6.25. The Hall–Kier alpha value is -3.28. The molecule has 172 valence electrons. The SMILES string of the molecule is Brc1ccc2[nH]c(Cc3cc4c(ccn4-c4ccccc4OCc4ccccc4)cc3Br)cc2c1. The third-order valence-electron chi connectivity index (χ3n) is 6.24. The van der Waals surface area contributed by atoms with E-state index in [1.54, 1.807) is 0 Å². The maximum atomic E-state index is 6.25. The van der Waals surface area contributed by atoms with Gasteiger partial charge in [-0.2, -0.15) is 0 Å². The molecule has 0 atom stereocenters. The Bertz CT molecular complexity index is 1650. The van der Waals surface area contributed by atoms with E-state index >= 15 is 0 Å². The standard InChI is InChI=1S/C30H22Br2N2O/c31-24-10-11-27-23(14-24)16-25(33-27)15-22-18-29-21(17-26(22)32)12-13-34(29)28-8-4-5-9-30(28)35-19-20-6-2-1-3-7-20/h1-14,16-18,33H,15,19H2. The van der Waals surface area contributed by atoms with E-state index in [2.05, 4.69) is 114 Å². The topological polar surface area (TPSA) is 29.9 Å². The molecule has 1 N–H and O–H groups in total. The van der Waals surface area contributed by atoms with Crippen LogP contribution in [0.4, 0.5) is 0 Å². The van der Waals surface area contributed by atoms with E-state index in [0.29, 0.717) is 6.61 Å².